The van der Waals surface area contributed by atoms with Crippen LogP contribution in [-0.4, -0.2) is 43.5 Å². The van der Waals surface area contributed by atoms with Crippen LogP contribution in [0.3, 0.4) is 0 Å². The minimum atomic E-state index is -4.57. The molecule has 1 aliphatic rings. The number of carboxylic acids is 1. The number of likely N-dealkylation sites (tertiary alicyclic amines) is 1. The molecule has 0 saturated carbocycles. The molecule has 40 heavy (non-hydrogen) atoms. The number of hydrogen-bond acceptors (Lipinski definition) is 6. The van der Waals surface area contributed by atoms with Crippen molar-refractivity contribution in [1.29, 1.82) is 0 Å². The maximum Gasteiger partial charge on any atom is 0.418 e. The van der Waals surface area contributed by atoms with Crippen LogP contribution in [0, 0.1) is 0 Å². The van der Waals surface area contributed by atoms with Crippen molar-refractivity contribution in [3.05, 3.63) is 77.7 Å². The summed E-state index contributed by atoms with van der Waals surface area (Å²) >= 11 is 0. The van der Waals surface area contributed by atoms with Crippen LogP contribution in [0.2, 0.25) is 0 Å². The van der Waals surface area contributed by atoms with Crippen LogP contribution in [0.5, 0.6) is 0 Å². The average Bonchev–Trinajstić information content (AvgIpc) is 3.36. The van der Waals surface area contributed by atoms with Gasteiger partial charge in [0.2, 0.25) is 0 Å². The lowest BCUT2D eigenvalue weighted by Crippen LogP contribution is -2.35. The summed E-state index contributed by atoms with van der Waals surface area (Å²) in [7, 11) is 0. The van der Waals surface area contributed by atoms with E-state index in [4.69, 9.17) is 4.98 Å². The number of halogens is 3. The zero-order valence-electron chi connectivity index (χ0n) is 22.5. The van der Waals surface area contributed by atoms with Gasteiger partial charge in [0.05, 0.1) is 23.3 Å². The quantitative estimate of drug-likeness (QED) is 0.273. The van der Waals surface area contributed by atoms with Gasteiger partial charge in [-0.25, -0.2) is 9.97 Å². The second kappa shape index (κ2) is 10.5. The molecule has 0 unspecified atom stereocenters. The van der Waals surface area contributed by atoms with E-state index in [0.717, 1.165) is 18.2 Å². The van der Waals surface area contributed by atoms with Crippen molar-refractivity contribution in [2.24, 2.45) is 0 Å². The van der Waals surface area contributed by atoms with Crippen LogP contribution < -0.4 is 5.32 Å². The highest BCUT2D eigenvalue weighted by Gasteiger charge is 2.34. The molecule has 4 aromatic rings. The monoisotopic (exact) mass is 549 g/mol. The molecule has 3 heterocycles. The number of alkyl halides is 3. The Morgan fingerprint density at radius 1 is 1.07 bits per heavy atom. The zero-order chi connectivity index (χ0) is 28.7. The molecule has 2 aromatic heterocycles. The lowest BCUT2D eigenvalue weighted by atomic mass is 9.87. The van der Waals surface area contributed by atoms with Gasteiger partial charge in [0.1, 0.15) is 17.7 Å². The van der Waals surface area contributed by atoms with E-state index in [9.17, 15) is 23.1 Å². The molecule has 2 aromatic carbocycles. The van der Waals surface area contributed by atoms with E-state index in [0.29, 0.717) is 35.5 Å². The van der Waals surface area contributed by atoms with Gasteiger partial charge in [0.25, 0.3) is 0 Å². The standard InChI is InChI=1S/C30H30F3N5O2/c1-29(2,3)19-9-11-20(12-10-19)35-27-21-13-8-18(26-22(30(31,32)33)6-4-14-34-26)16-23(21)36-25(37-27)17-38-15-5-7-24(38)28(39)40/h4,6,8-14,16,24H,5,7,15,17H2,1-3H3,(H,39,40)(H,35,36,37)/t24-/m0/s1. The summed E-state index contributed by atoms with van der Waals surface area (Å²) in [6, 6.07) is 14.4. The molecule has 1 aliphatic heterocycles. The van der Waals surface area contributed by atoms with Gasteiger partial charge in [0.15, 0.2) is 0 Å². The van der Waals surface area contributed by atoms with Crippen LogP contribution in [0.15, 0.2) is 60.8 Å². The van der Waals surface area contributed by atoms with Crippen molar-refractivity contribution >= 4 is 28.4 Å². The maximum absolute atomic E-state index is 13.7. The smallest absolute Gasteiger partial charge is 0.418 e. The Kier molecular flexibility index (Phi) is 7.22. The number of benzene rings is 2. The fourth-order valence-electron chi connectivity index (χ4n) is 5.02. The van der Waals surface area contributed by atoms with Crippen molar-refractivity contribution in [3.8, 4) is 11.3 Å². The topological polar surface area (TPSA) is 91.2 Å². The first-order chi connectivity index (χ1) is 18.9. The van der Waals surface area contributed by atoms with Gasteiger partial charge in [-0.1, -0.05) is 39.0 Å². The number of nitrogens with zero attached hydrogens (tertiary/aromatic N) is 4. The molecule has 1 saturated heterocycles. The molecule has 0 radical (unpaired) electrons. The number of fused-ring (bicyclic) bond motifs is 1. The Balaban J connectivity index is 1.59. The van der Waals surface area contributed by atoms with Gasteiger partial charge < -0.3 is 10.4 Å². The lowest BCUT2D eigenvalue weighted by Gasteiger charge is -2.21. The number of nitrogens with one attached hydrogen (secondary N) is 1. The van der Waals surface area contributed by atoms with Crippen molar-refractivity contribution in [2.45, 2.75) is 57.8 Å². The van der Waals surface area contributed by atoms with Crippen molar-refractivity contribution < 1.29 is 23.1 Å². The molecule has 5 rings (SSSR count). The van der Waals surface area contributed by atoms with Gasteiger partial charge in [-0.2, -0.15) is 13.2 Å². The molecule has 0 bridgehead atoms. The molecule has 1 atom stereocenters. The Bertz CT molecular complexity index is 1550. The van der Waals surface area contributed by atoms with E-state index in [2.05, 4.69) is 36.1 Å². The molecule has 2 N–H and O–H groups in total. The summed E-state index contributed by atoms with van der Waals surface area (Å²) in [4.78, 5) is 27.0. The first-order valence-corrected chi connectivity index (χ1v) is 13.1. The van der Waals surface area contributed by atoms with E-state index in [1.54, 1.807) is 18.2 Å². The van der Waals surface area contributed by atoms with Gasteiger partial charge in [0, 0.05) is 22.8 Å². The number of anilines is 2. The second-order valence-corrected chi connectivity index (χ2v) is 11.0. The number of hydrogen-bond donors (Lipinski definition) is 2. The predicted octanol–water partition coefficient (Wildman–Crippen LogP) is 6.80. The van der Waals surface area contributed by atoms with Crippen molar-refractivity contribution in [2.75, 3.05) is 11.9 Å². The van der Waals surface area contributed by atoms with E-state index in [1.807, 2.05) is 29.2 Å². The highest BCUT2D eigenvalue weighted by molar-refractivity contribution is 5.93. The van der Waals surface area contributed by atoms with E-state index >= 15 is 0 Å². The van der Waals surface area contributed by atoms with E-state index in [-0.39, 0.29) is 23.2 Å². The Morgan fingerprint density at radius 3 is 2.50 bits per heavy atom. The molecule has 0 amide bonds. The van der Waals surface area contributed by atoms with Crippen LogP contribution >= 0.6 is 0 Å². The second-order valence-electron chi connectivity index (χ2n) is 11.0. The first kappa shape index (κ1) is 27.5. The minimum absolute atomic E-state index is 0.0130. The molecule has 1 fully saturated rings. The van der Waals surface area contributed by atoms with Crippen LogP contribution in [-0.2, 0) is 22.9 Å². The highest BCUT2D eigenvalue weighted by atomic mass is 19.4. The van der Waals surface area contributed by atoms with Crippen LogP contribution in [0.4, 0.5) is 24.7 Å². The Hall–Kier alpha value is -4.05. The fourth-order valence-corrected chi connectivity index (χ4v) is 5.02. The maximum atomic E-state index is 13.7. The molecule has 10 heteroatoms. The zero-order valence-corrected chi connectivity index (χ0v) is 22.5. The third kappa shape index (κ3) is 5.77. The molecular weight excluding hydrogens is 519 g/mol. The SMILES string of the molecule is CC(C)(C)c1ccc(Nc2nc(CN3CCC[C@H]3C(=O)O)nc3cc(-c4ncccc4C(F)(F)F)ccc23)cc1. The number of pyridine rings is 1. The average molecular weight is 550 g/mol. The van der Waals surface area contributed by atoms with E-state index in [1.165, 1.54) is 17.8 Å². The molecular formula is C30H30F3N5O2. The van der Waals surface area contributed by atoms with Gasteiger partial charge in [-0.3, -0.25) is 14.7 Å². The fraction of sp³-hybridized carbons (Fsp3) is 0.333. The lowest BCUT2D eigenvalue weighted by molar-refractivity contribution is -0.142. The third-order valence-electron chi connectivity index (χ3n) is 7.14. The Morgan fingerprint density at radius 2 is 1.82 bits per heavy atom. The van der Waals surface area contributed by atoms with Gasteiger partial charge in [-0.15, -0.1) is 0 Å². The normalized spacial score (nSPS) is 16.4. The molecule has 208 valence electrons. The summed E-state index contributed by atoms with van der Waals surface area (Å²) in [5.74, 6) is -0.0328. The first-order valence-electron chi connectivity index (χ1n) is 13.1. The third-order valence-corrected chi connectivity index (χ3v) is 7.14. The largest absolute Gasteiger partial charge is 0.480 e. The van der Waals surface area contributed by atoms with Crippen LogP contribution in [0.25, 0.3) is 22.2 Å². The summed E-state index contributed by atoms with van der Waals surface area (Å²) in [5.41, 5.74) is 1.63. The van der Waals surface area contributed by atoms with Crippen LogP contribution in [0.1, 0.15) is 50.6 Å². The predicted molar refractivity (Wildman–Crippen MR) is 147 cm³/mol. The molecule has 0 aliphatic carbocycles. The molecule has 0 spiro atoms. The number of carbonyl (C=O) groups is 1. The van der Waals surface area contributed by atoms with Crippen molar-refractivity contribution in [1.82, 2.24) is 19.9 Å². The summed E-state index contributed by atoms with van der Waals surface area (Å²) < 4.78 is 41.2. The van der Waals surface area contributed by atoms with Gasteiger partial charge in [-0.05, 0) is 66.8 Å². The number of carboxylic acid groups (broad SMARTS) is 1. The van der Waals surface area contributed by atoms with E-state index < -0.39 is 23.8 Å². The minimum Gasteiger partial charge on any atom is -0.480 e. The summed E-state index contributed by atoms with van der Waals surface area (Å²) in [6.45, 7) is 7.19. The number of aliphatic carboxylic acids is 1. The molecule has 7 nitrogen and oxygen atoms in total. The van der Waals surface area contributed by atoms with Crippen molar-refractivity contribution in [3.63, 3.8) is 0 Å². The number of rotatable bonds is 6. The highest BCUT2D eigenvalue weighted by Crippen LogP contribution is 2.37. The summed E-state index contributed by atoms with van der Waals surface area (Å²) in [5, 5.41) is 13.6. The van der Waals surface area contributed by atoms with Gasteiger partial charge >= 0.3 is 12.1 Å². The number of aromatic nitrogens is 3. The summed E-state index contributed by atoms with van der Waals surface area (Å²) in [6.07, 6.45) is -1.95. The Labute approximate surface area is 230 Å².